The minimum absolute atomic E-state index is 0.0554. The van der Waals surface area contributed by atoms with Crippen molar-refractivity contribution in [1.29, 1.82) is 0 Å². The van der Waals surface area contributed by atoms with Gasteiger partial charge in [-0.2, -0.15) is 0 Å². The molecule has 0 aliphatic carbocycles. The molecular formula is C29H36N4O4S. The van der Waals surface area contributed by atoms with Gasteiger partial charge in [0.05, 0.1) is 10.9 Å². The lowest BCUT2D eigenvalue weighted by Crippen LogP contribution is -2.56. The van der Waals surface area contributed by atoms with Crippen molar-refractivity contribution < 1.29 is 18.0 Å². The fourth-order valence-electron chi connectivity index (χ4n) is 5.19. The SMILES string of the molecule is Cc1ccccc1C(=O)Nc1ccc(S(=O)(=O)N[C@H]2CCN(C(=O)[C@H](C)N)C[C@@H]2C(C)C)c2ccccc12. The molecule has 8 nitrogen and oxygen atoms in total. The molecule has 1 aliphatic heterocycles. The first-order valence-electron chi connectivity index (χ1n) is 12.9. The van der Waals surface area contributed by atoms with Crippen molar-refractivity contribution >= 4 is 38.3 Å². The molecule has 1 heterocycles. The molecule has 0 radical (unpaired) electrons. The predicted molar refractivity (Wildman–Crippen MR) is 150 cm³/mol. The van der Waals surface area contributed by atoms with Gasteiger partial charge in [0, 0.05) is 41.2 Å². The van der Waals surface area contributed by atoms with Crippen LogP contribution in [0.5, 0.6) is 0 Å². The molecule has 2 amide bonds. The Bertz CT molecular complexity index is 1450. The zero-order valence-electron chi connectivity index (χ0n) is 22.3. The van der Waals surface area contributed by atoms with Crippen molar-refractivity contribution in [3.63, 3.8) is 0 Å². The summed E-state index contributed by atoms with van der Waals surface area (Å²) < 4.78 is 30.3. The molecule has 0 saturated carbocycles. The maximum Gasteiger partial charge on any atom is 0.255 e. The monoisotopic (exact) mass is 536 g/mol. The smallest absolute Gasteiger partial charge is 0.255 e. The average Bonchev–Trinajstić information content (AvgIpc) is 2.88. The number of carbonyl (C=O) groups is 2. The third-order valence-corrected chi connectivity index (χ3v) is 8.88. The number of nitrogens with two attached hydrogens (primary N) is 1. The molecule has 1 saturated heterocycles. The number of nitrogens with one attached hydrogen (secondary N) is 2. The maximum absolute atomic E-state index is 13.7. The Morgan fingerprint density at radius 1 is 0.974 bits per heavy atom. The summed E-state index contributed by atoms with van der Waals surface area (Å²) in [7, 11) is -3.90. The van der Waals surface area contributed by atoms with Crippen LogP contribution >= 0.6 is 0 Å². The standard InChI is InChI=1S/C29H36N4O4S/c1-18(2)24-17-33(29(35)20(4)30)16-15-26(24)32-38(36,37)27-14-13-25(22-11-7-8-12-23(22)27)31-28(34)21-10-6-5-9-19(21)3/h5-14,18,20,24,26,32H,15-17,30H2,1-4H3,(H,31,34)/t20-,24+,26-/m0/s1. The first kappa shape index (κ1) is 27.8. The van der Waals surface area contributed by atoms with Crippen molar-refractivity contribution in [3.8, 4) is 0 Å². The van der Waals surface area contributed by atoms with E-state index in [2.05, 4.69) is 10.0 Å². The summed E-state index contributed by atoms with van der Waals surface area (Å²) >= 11 is 0. The van der Waals surface area contributed by atoms with Gasteiger partial charge >= 0.3 is 0 Å². The van der Waals surface area contributed by atoms with Gasteiger partial charge in [0.15, 0.2) is 0 Å². The number of hydrogen-bond acceptors (Lipinski definition) is 5. The molecule has 4 rings (SSSR count). The molecular weight excluding hydrogens is 500 g/mol. The van der Waals surface area contributed by atoms with E-state index in [0.717, 1.165) is 5.56 Å². The number of anilines is 1. The van der Waals surface area contributed by atoms with Gasteiger partial charge in [0.1, 0.15) is 0 Å². The van der Waals surface area contributed by atoms with E-state index in [-0.39, 0.29) is 34.6 Å². The number of carbonyl (C=O) groups excluding carboxylic acids is 2. The number of aryl methyl sites for hydroxylation is 1. The van der Waals surface area contributed by atoms with E-state index in [1.165, 1.54) is 6.07 Å². The van der Waals surface area contributed by atoms with Crippen LogP contribution in [-0.2, 0) is 14.8 Å². The highest BCUT2D eigenvalue weighted by Gasteiger charge is 2.36. The van der Waals surface area contributed by atoms with Gasteiger partial charge in [0.2, 0.25) is 15.9 Å². The molecule has 9 heteroatoms. The molecule has 0 bridgehead atoms. The zero-order chi connectivity index (χ0) is 27.6. The number of nitrogens with zero attached hydrogens (tertiary/aromatic N) is 1. The summed E-state index contributed by atoms with van der Waals surface area (Å²) in [5.41, 5.74) is 7.76. The van der Waals surface area contributed by atoms with Crippen molar-refractivity contribution in [2.45, 2.75) is 51.1 Å². The van der Waals surface area contributed by atoms with E-state index in [1.54, 1.807) is 42.2 Å². The summed E-state index contributed by atoms with van der Waals surface area (Å²) in [6.45, 7) is 8.51. The van der Waals surface area contributed by atoms with Crippen molar-refractivity contribution in [2.24, 2.45) is 17.6 Å². The highest BCUT2D eigenvalue weighted by atomic mass is 32.2. The van der Waals surface area contributed by atoms with Crippen LogP contribution in [0.1, 0.15) is 43.1 Å². The molecule has 1 fully saturated rings. The van der Waals surface area contributed by atoms with Gasteiger partial charge < -0.3 is 16.0 Å². The third-order valence-electron chi connectivity index (χ3n) is 7.33. The summed E-state index contributed by atoms with van der Waals surface area (Å²) in [6.07, 6.45) is 0.503. The van der Waals surface area contributed by atoms with Crippen LogP contribution in [-0.4, -0.2) is 50.3 Å². The zero-order valence-corrected chi connectivity index (χ0v) is 23.1. The molecule has 202 valence electrons. The van der Waals surface area contributed by atoms with Crippen LogP contribution in [0.2, 0.25) is 0 Å². The summed E-state index contributed by atoms with van der Waals surface area (Å²) in [4.78, 5) is 27.3. The lowest BCUT2D eigenvalue weighted by molar-refractivity contribution is -0.134. The lowest BCUT2D eigenvalue weighted by atomic mass is 9.84. The summed E-state index contributed by atoms with van der Waals surface area (Å²) in [5, 5.41) is 4.10. The predicted octanol–water partition coefficient (Wildman–Crippen LogP) is 3.90. The van der Waals surface area contributed by atoms with Gasteiger partial charge in [-0.15, -0.1) is 0 Å². The molecule has 0 aromatic heterocycles. The second-order valence-electron chi connectivity index (χ2n) is 10.4. The normalized spacial score (nSPS) is 18.9. The van der Waals surface area contributed by atoms with E-state index < -0.39 is 16.1 Å². The number of sulfonamides is 1. The van der Waals surface area contributed by atoms with E-state index in [9.17, 15) is 18.0 Å². The van der Waals surface area contributed by atoms with E-state index in [4.69, 9.17) is 5.73 Å². The fourth-order valence-corrected chi connectivity index (χ4v) is 6.72. The number of benzene rings is 3. The van der Waals surface area contributed by atoms with Crippen molar-refractivity contribution in [1.82, 2.24) is 9.62 Å². The van der Waals surface area contributed by atoms with Crippen LogP contribution in [0.25, 0.3) is 10.8 Å². The van der Waals surface area contributed by atoms with Gasteiger partial charge in [-0.3, -0.25) is 9.59 Å². The highest BCUT2D eigenvalue weighted by molar-refractivity contribution is 7.89. The Kier molecular flexibility index (Phi) is 8.20. The Balaban J connectivity index is 1.62. The summed E-state index contributed by atoms with van der Waals surface area (Å²) in [5.74, 6) is -0.275. The van der Waals surface area contributed by atoms with E-state index in [1.807, 2.05) is 45.0 Å². The first-order valence-corrected chi connectivity index (χ1v) is 14.4. The number of amides is 2. The maximum atomic E-state index is 13.7. The Hall–Kier alpha value is -3.27. The number of rotatable bonds is 7. The molecule has 3 aromatic carbocycles. The topological polar surface area (TPSA) is 122 Å². The van der Waals surface area contributed by atoms with Crippen LogP contribution in [0, 0.1) is 18.8 Å². The van der Waals surface area contributed by atoms with Crippen LogP contribution in [0.15, 0.2) is 65.6 Å². The lowest BCUT2D eigenvalue weighted by Gasteiger charge is -2.41. The number of fused-ring (bicyclic) bond motifs is 1. The molecule has 0 spiro atoms. The van der Waals surface area contributed by atoms with Gasteiger partial charge in [0.25, 0.3) is 5.91 Å². The van der Waals surface area contributed by atoms with Gasteiger partial charge in [-0.1, -0.05) is 56.3 Å². The largest absolute Gasteiger partial charge is 0.341 e. The highest BCUT2D eigenvalue weighted by Crippen LogP contribution is 2.32. The second-order valence-corrected chi connectivity index (χ2v) is 12.1. The molecule has 0 unspecified atom stereocenters. The molecule has 38 heavy (non-hydrogen) atoms. The minimum atomic E-state index is -3.90. The molecule has 1 aliphatic rings. The molecule has 3 aromatic rings. The van der Waals surface area contributed by atoms with Crippen LogP contribution < -0.4 is 15.8 Å². The second kappa shape index (κ2) is 11.2. The first-order chi connectivity index (χ1) is 18.0. The average molecular weight is 537 g/mol. The molecule has 3 atom stereocenters. The molecule has 4 N–H and O–H groups in total. The number of piperidine rings is 1. The number of likely N-dealkylation sites (tertiary alicyclic amines) is 1. The Labute approximate surface area is 224 Å². The number of hydrogen-bond donors (Lipinski definition) is 3. The van der Waals surface area contributed by atoms with Crippen molar-refractivity contribution in [3.05, 3.63) is 71.8 Å². The van der Waals surface area contributed by atoms with E-state index >= 15 is 0 Å². The Morgan fingerprint density at radius 3 is 2.29 bits per heavy atom. The van der Waals surface area contributed by atoms with Crippen molar-refractivity contribution in [2.75, 3.05) is 18.4 Å². The third kappa shape index (κ3) is 5.75. The van der Waals surface area contributed by atoms with Gasteiger partial charge in [-0.25, -0.2) is 13.1 Å². The minimum Gasteiger partial charge on any atom is -0.341 e. The van der Waals surface area contributed by atoms with Crippen LogP contribution in [0.3, 0.4) is 0 Å². The quantitative estimate of drug-likeness (QED) is 0.423. The summed E-state index contributed by atoms with van der Waals surface area (Å²) in [6, 6.07) is 16.7. The van der Waals surface area contributed by atoms with Crippen LogP contribution in [0.4, 0.5) is 5.69 Å². The fraction of sp³-hybridized carbons (Fsp3) is 0.379. The Morgan fingerprint density at radius 2 is 1.63 bits per heavy atom. The van der Waals surface area contributed by atoms with Gasteiger partial charge in [-0.05, 0) is 55.9 Å². The van der Waals surface area contributed by atoms with E-state index in [0.29, 0.717) is 41.5 Å².